The fourth-order valence-corrected chi connectivity index (χ4v) is 1.63. The maximum Gasteiger partial charge on any atom is -0.00773 e. The van der Waals surface area contributed by atoms with Gasteiger partial charge in [-0.05, 0) is 13.0 Å². The van der Waals surface area contributed by atoms with E-state index in [0.29, 0.717) is 0 Å². The van der Waals surface area contributed by atoms with E-state index in [9.17, 15) is 0 Å². The van der Waals surface area contributed by atoms with E-state index in [0.717, 1.165) is 6.54 Å². The van der Waals surface area contributed by atoms with Gasteiger partial charge in [0.15, 0.2) is 0 Å². The van der Waals surface area contributed by atoms with Gasteiger partial charge in [-0.1, -0.05) is 64.7 Å². The predicted molar refractivity (Wildman–Crippen MR) is 94.7 cm³/mol. The van der Waals surface area contributed by atoms with Crippen molar-refractivity contribution in [2.24, 2.45) is 5.73 Å². The van der Waals surface area contributed by atoms with E-state index >= 15 is 0 Å². The maximum atomic E-state index is 5.42. The minimum absolute atomic E-state index is 0.872. The summed E-state index contributed by atoms with van der Waals surface area (Å²) in [6.45, 7) is 21.1. The highest BCUT2D eigenvalue weighted by Crippen LogP contribution is 2.09. The lowest BCUT2D eigenvalue weighted by molar-refractivity contribution is 0.558. The summed E-state index contributed by atoms with van der Waals surface area (Å²) >= 11 is 0. The molecule has 0 aliphatic carbocycles. The van der Waals surface area contributed by atoms with Crippen LogP contribution >= 0.6 is 0 Å². The van der Waals surface area contributed by atoms with Gasteiger partial charge < -0.3 is 5.73 Å². The molecule has 0 unspecified atom stereocenters. The van der Waals surface area contributed by atoms with Gasteiger partial charge in [-0.3, -0.25) is 0 Å². The summed E-state index contributed by atoms with van der Waals surface area (Å²) in [5.74, 6) is 0. The Morgan fingerprint density at radius 1 is 0.526 bits per heavy atom. The normalized spacial score (nSPS) is 7.89. The van der Waals surface area contributed by atoms with Gasteiger partial charge in [0.05, 0.1) is 0 Å². The van der Waals surface area contributed by atoms with Gasteiger partial charge in [0, 0.05) is 0 Å². The van der Waals surface area contributed by atoms with E-state index in [2.05, 4.69) is 46.4 Å². The molecule has 0 aliphatic heterocycles. The first-order valence-corrected chi connectivity index (χ1v) is 7.62. The minimum Gasteiger partial charge on any atom is -0.330 e. The minimum atomic E-state index is 0.872. The van der Waals surface area contributed by atoms with E-state index < -0.39 is 0 Å². The molecule has 0 saturated carbocycles. The second-order valence-corrected chi connectivity index (χ2v) is 3.97. The summed E-state index contributed by atoms with van der Waals surface area (Å²) in [5, 5.41) is 0. The first kappa shape index (κ1) is 26.7. The topological polar surface area (TPSA) is 26.0 Å². The first-order valence-electron chi connectivity index (χ1n) is 7.62. The van der Waals surface area contributed by atoms with Crippen LogP contribution in [-0.4, -0.2) is 6.54 Å². The van der Waals surface area contributed by atoms with Crippen LogP contribution in [0, 0.1) is 0 Å². The van der Waals surface area contributed by atoms with Crippen LogP contribution in [0.5, 0.6) is 0 Å². The molecule has 0 radical (unpaired) electrons. The van der Waals surface area contributed by atoms with Crippen molar-refractivity contribution in [3.05, 3.63) is 39.5 Å². The Morgan fingerprint density at radius 3 is 1.05 bits per heavy atom. The molecule has 0 fully saturated rings. The molecular weight excluding hydrogens is 230 g/mol. The quantitative estimate of drug-likeness (QED) is 0.367. The van der Waals surface area contributed by atoms with Gasteiger partial charge in [0.25, 0.3) is 0 Å². The van der Waals surface area contributed by atoms with E-state index in [1.807, 2.05) is 0 Å². The van der Waals surface area contributed by atoms with Crippen molar-refractivity contribution in [2.75, 3.05) is 6.54 Å². The molecule has 1 heteroatoms. The lowest BCUT2D eigenvalue weighted by Gasteiger charge is -2.00. The average Bonchev–Trinajstić information content (AvgIpc) is 2.52. The van der Waals surface area contributed by atoms with Gasteiger partial charge >= 0.3 is 0 Å². The predicted octanol–water partition coefficient (Wildman–Crippen LogP) is 6.27. The highest BCUT2D eigenvalue weighted by molar-refractivity contribution is 4.47. The number of hydrogen-bond donors (Lipinski definition) is 1. The molecule has 0 bridgehead atoms. The highest BCUT2D eigenvalue weighted by Gasteiger charge is 1.91. The summed E-state index contributed by atoms with van der Waals surface area (Å²) in [4.78, 5) is 0. The molecule has 19 heavy (non-hydrogen) atoms. The third-order valence-corrected chi connectivity index (χ3v) is 2.56. The third kappa shape index (κ3) is 47.0. The molecule has 0 aromatic carbocycles. The lowest BCUT2D eigenvalue weighted by Crippen LogP contribution is -1.97. The second kappa shape index (κ2) is 43.4. The van der Waals surface area contributed by atoms with E-state index in [1.165, 1.54) is 64.2 Å². The molecule has 0 aliphatic rings. The second-order valence-electron chi connectivity index (χ2n) is 3.97. The molecule has 0 rings (SSSR count). The Balaban J connectivity index is -0.000000163. The van der Waals surface area contributed by atoms with Crippen molar-refractivity contribution in [3.8, 4) is 0 Å². The van der Waals surface area contributed by atoms with E-state index in [4.69, 9.17) is 5.73 Å². The zero-order valence-electron chi connectivity index (χ0n) is 13.6. The average molecular weight is 270 g/mol. The fraction of sp³-hybridized carbons (Fsp3) is 0.667. The molecule has 116 valence electrons. The summed E-state index contributed by atoms with van der Waals surface area (Å²) < 4.78 is 0. The zero-order valence-corrected chi connectivity index (χ0v) is 13.6. The summed E-state index contributed by atoms with van der Waals surface area (Å²) in [6.07, 6.45) is 13.9. The van der Waals surface area contributed by atoms with E-state index in [-0.39, 0.29) is 0 Å². The molecule has 0 aromatic rings. The van der Waals surface area contributed by atoms with Crippen LogP contribution in [0.1, 0.15) is 71.1 Å². The Hall–Kier alpha value is -0.820. The van der Waals surface area contributed by atoms with Crippen LogP contribution in [0.2, 0.25) is 0 Å². The molecular formula is C18H39N. The van der Waals surface area contributed by atoms with Gasteiger partial charge in [0.1, 0.15) is 0 Å². The number of rotatable bonds is 10. The van der Waals surface area contributed by atoms with Crippen LogP contribution in [0.4, 0.5) is 0 Å². The Morgan fingerprint density at radius 2 is 0.789 bits per heavy atom. The molecule has 0 atom stereocenters. The zero-order chi connectivity index (χ0) is 15.8. The monoisotopic (exact) mass is 269 g/mol. The first-order chi connectivity index (χ1) is 9.41. The third-order valence-electron chi connectivity index (χ3n) is 2.56. The van der Waals surface area contributed by atoms with Gasteiger partial charge in [-0.15, -0.1) is 39.5 Å². The van der Waals surface area contributed by atoms with E-state index in [1.54, 1.807) is 0 Å². The molecule has 0 saturated heterocycles. The Kier molecular flexibility index (Phi) is 61.0. The van der Waals surface area contributed by atoms with Crippen LogP contribution in [0.15, 0.2) is 39.5 Å². The van der Waals surface area contributed by atoms with Gasteiger partial charge in [-0.2, -0.15) is 0 Å². The molecule has 0 amide bonds. The number of unbranched alkanes of at least 4 members (excludes halogenated alkanes) is 9. The van der Waals surface area contributed by atoms with Crippen molar-refractivity contribution in [1.29, 1.82) is 0 Å². The number of nitrogens with two attached hydrogens (primary N) is 1. The molecule has 0 aromatic heterocycles. The number of hydrogen-bond acceptors (Lipinski definition) is 1. The van der Waals surface area contributed by atoms with Crippen LogP contribution in [0.3, 0.4) is 0 Å². The molecule has 0 spiro atoms. The maximum absolute atomic E-state index is 5.42. The Labute approximate surface area is 123 Å². The van der Waals surface area contributed by atoms with Gasteiger partial charge in [0.2, 0.25) is 0 Å². The van der Waals surface area contributed by atoms with Crippen molar-refractivity contribution in [2.45, 2.75) is 71.1 Å². The fourth-order valence-electron chi connectivity index (χ4n) is 1.63. The summed E-state index contributed by atoms with van der Waals surface area (Å²) in [5.41, 5.74) is 5.42. The molecule has 2 N–H and O–H groups in total. The van der Waals surface area contributed by atoms with Crippen LogP contribution in [0.25, 0.3) is 0 Å². The van der Waals surface area contributed by atoms with Crippen molar-refractivity contribution in [1.82, 2.24) is 0 Å². The van der Waals surface area contributed by atoms with Crippen molar-refractivity contribution >= 4 is 0 Å². The summed E-state index contributed by atoms with van der Waals surface area (Å²) in [7, 11) is 0. The largest absolute Gasteiger partial charge is 0.330 e. The summed E-state index contributed by atoms with van der Waals surface area (Å²) in [6, 6.07) is 0. The molecule has 0 heterocycles. The Bertz CT molecular complexity index is 97.5. The van der Waals surface area contributed by atoms with Crippen molar-refractivity contribution < 1.29 is 0 Å². The standard InChI is InChI=1S/C12H27N.3C2H4/c1-2-3-4-5-6-7-8-9-10-11-12-13;3*1-2/h2-13H2,1H3;3*1-2H2. The van der Waals surface area contributed by atoms with Crippen molar-refractivity contribution in [3.63, 3.8) is 0 Å². The lowest BCUT2D eigenvalue weighted by atomic mass is 10.1. The smallest absolute Gasteiger partial charge is 0.00773 e. The van der Waals surface area contributed by atoms with Gasteiger partial charge in [-0.25, -0.2) is 0 Å². The molecule has 1 nitrogen and oxygen atoms in total. The van der Waals surface area contributed by atoms with Crippen LogP contribution in [-0.2, 0) is 0 Å². The van der Waals surface area contributed by atoms with Crippen LogP contribution < -0.4 is 5.73 Å². The SMILES string of the molecule is C=C.C=C.C=C.CCCCCCCCCCCCN. The highest BCUT2D eigenvalue weighted by atomic mass is 14.5.